The molecule has 0 unspecified atom stereocenters. The maximum Gasteiger partial charge on any atom is 0.416 e. The maximum absolute atomic E-state index is 13.1. The highest BCUT2D eigenvalue weighted by Gasteiger charge is 2.43. The van der Waals surface area contributed by atoms with Crippen molar-refractivity contribution in [3.63, 3.8) is 0 Å². The van der Waals surface area contributed by atoms with E-state index in [-0.39, 0.29) is 0 Å². The Labute approximate surface area is 88.1 Å². The molecule has 0 aliphatic rings. The molecule has 0 radical (unpaired) electrons. The van der Waals surface area contributed by atoms with E-state index < -0.39 is 35.5 Å². The molecule has 0 spiro atoms. The van der Waals surface area contributed by atoms with Crippen LogP contribution in [0.1, 0.15) is 11.6 Å². The number of aliphatic hydroxyl groups is 1. The van der Waals surface area contributed by atoms with Crippen LogP contribution >= 0.6 is 0 Å². The second kappa shape index (κ2) is 4.26. The van der Waals surface area contributed by atoms with Gasteiger partial charge in [-0.25, -0.2) is 4.39 Å². The topological polar surface area (TPSA) is 66.5 Å². The number of hydrogen-bond donors (Lipinski definition) is 3. The largest absolute Gasteiger partial charge is 0.508 e. The molecule has 0 amide bonds. The van der Waals surface area contributed by atoms with Crippen LogP contribution in [0.2, 0.25) is 0 Å². The molecular formula is C9H9F4NO2. The zero-order chi connectivity index (χ0) is 12.5. The normalized spacial score (nSPS) is 15.9. The second-order valence-electron chi connectivity index (χ2n) is 3.22. The minimum Gasteiger partial charge on any atom is -0.508 e. The van der Waals surface area contributed by atoms with Crippen molar-refractivity contribution >= 4 is 0 Å². The summed E-state index contributed by atoms with van der Waals surface area (Å²) in [4.78, 5) is 0. The predicted molar refractivity (Wildman–Crippen MR) is 47.1 cm³/mol. The minimum atomic E-state index is -4.93. The van der Waals surface area contributed by atoms with Gasteiger partial charge in [-0.05, 0) is 6.07 Å². The molecule has 0 aromatic heterocycles. The third-order valence-corrected chi connectivity index (χ3v) is 2.02. The summed E-state index contributed by atoms with van der Waals surface area (Å²) in [5.41, 5.74) is 4.57. The van der Waals surface area contributed by atoms with Crippen molar-refractivity contribution in [1.29, 1.82) is 0 Å². The minimum absolute atomic E-state index is 0.435. The van der Waals surface area contributed by atoms with Gasteiger partial charge in [0.05, 0.1) is 6.04 Å². The Hall–Kier alpha value is -1.34. The molecule has 1 rings (SSSR count). The number of phenolic OH excluding ortho intramolecular Hbond substituents is 1. The molecule has 0 aliphatic heterocycles. The zero-order valence-corrected chi connectivity index (χ0v) is 7.87. The highest BCUT2D eigenvalue weighted by Crippen LogP contribution is 2.30. The first-order valence-electron chi connectivity index (χ1n) is 4.22. The molecule has 0 saturated carbocycles. The molecular weight excluding hydrogens is 230 g/mol. The molecule has 0 bridgehead atoms. The third-order valence-electron chi connectivity index (χ3n) is 2.02. The summed E-state index contributed by atoms with van der Waals surface area (Å²) in [6.45, 7) is 0. The smallest absolute Gasteiger partial charge is 0.416 e. The van der Waals surface area contributed by atoms with Crippen LogP contribution in [0.4, 0.5) is 17.6 Å². The first-order chi connectivity index (χ1) is 7.23. The molecule has 16 heavy (non-hydrogen) atoms. The number of aliphatic hydroxyl groups excluding tert-OH is 1. The van der Waals surface area contributed by atoms with Gasteiger partial charge in [-0.1, -0.05) is 6.07 Å². The molecule has 1 aromatic carbocycles. The number of rotatable bonds is 2. The lowest BCUT2D eigenvalue weighted by Crippen LogP contribution is -2.39. The molecule has 0 heterocycles. The van der Waals surface area contributed by atoms with Gasteiger partial charge >= 0.3 is 6.18 Å². The number of benzene rings is 1. The van der Waals surface area contributed by atoms with E-state index in [1.54, 1.807) is 0 Å². The van der Waals surface area contributed by atoms with Crippen LogP contribution in [-0.2, 0) is 0 Å². The van der Waals surface area contributed by atoms with E-state index in [4.69, 9.17) is 15.9 Å². The number of alkyl halides is 3. The van der Waals surface area contributed by atoms with Crippen LogP contribution in [0.3, 0.4) is 0 Å². The summed E-state index contributed by atoms with van der Waals surface area (Å²) in [7, 11) is 0. The summed E-state index contributed by atoms with van der Waals surface area (Å²) in [6, 6.07) is 0.574. The average molecular weight is 239 g/mol. The number of aromatic hydroxyl groups is 1. The van der Waals surface area contributed by atoms with Crippen molar-refractivity contribution in [3.8, 4) is 5.75 Å². The quantitative estimate of drug-likeness (QED) is 0.684. The van der Waals surface area contributed by atoms with Crippen molar-refractivity contribution in [2.45, 2.75) is 18.3 Å². The molecule has 0 aliphatic carbocycles. The van der Waals surface area contributed by atoms with Gasteiger partial charge in [-0.3, -0.25) is 0 Å². The highest BCUT2D eigenvalue weighted by molar-refractivity contribution is 5.30. The van der Waals surface area contributed by atoms with Gasteiger partial charge in [0.25, 0.3) is 0 Å². The number of phenols is 1. The Morgan fingerprint density at radius 2 is 1.81 bits per heavy atom. The summed E-state index contributed by atoms with van der Waals surface area (Å²) in [5, 5.41) is 17.7. The first kappa shape index (κ1) is 12.7. The van der Waals surface area contributed by atoms with Crippen LogP contribution < -0.4 is 5.73 Å². The van der Waals surface area contributed by atoms with Crippen molar-refractivity contribution in [3.05, 3.63) is 29.6 Å². The highest BCUT2D eigenvalue weighted by atomic mass is 19.4. The van der Waals surface area contributed by atoms with Gasteiger partial charge in [-0.15, -0.1) is 0 Å². The molecule has 3 nitrogen and oxygen atoms in total. The van der Waals surface area contributed by atoms with Crippen LogP contribution in [0, 0.1) is 5.82 Å². The van der Waals surface area contributed by atoms with Gasteiger partial charge in [0.1, 0.15) is 11.6 Å². The lowest BCUT2D eigenvalue weighted by atomic mass is 10.0. The Bertz CT molecular complexity index is 380. The average Bonchev–Trinajstić information content (AvgIpc) is 2.14. The van der Waals surface area contributed by atoms with E-state index >= 15 is 0 Å². The molecule has 2 atom stereocenters. The Kier molecular flexibility index (Phi) is 3.39. The zero-order valence-electron chi connectivity index (χ0n) is 7.87. The molecule has 1 aromatic rings. The van der Waals surface area contributed by atoms with E-state index in [0.29, 0.717) is 6.07 Å². The van der Waals surface area contributed by atoms with Crippen LogP contribution in [0.15, 0.2) is 18.2 Å². The van der Waals surface area contributed by atoms with Gasteiger partial charge in [0, 0.05) is 11.6 Å². The summed E-state index contributed by atoms with van der Waals surface area (Å²) >= 11 is 0. The Morgan fingerprint density at radius 1 is 1.25 bits per heavy atom. The van der Waals surface area contributed by atoms with Crippen LogP contribution in [0.25, 0.3) is 0 Å². The SMILES string of the molecule is N[C@H](c1ccc(O)cc1F)[C@@H](O)C(F)(F)F. The Balaban J connectivity index is 3.01. The van der Waals surface area contributed by atoms with Crippen molar-refractivity contribution in [1.82, 2.24) is 0 Å². The van der Waals surface area contributed by atoms with Crippen LogP contribution in [0.5, 0.6) is 5.75 Å². The fraction of sp³-hybridized carbons (Fsp3) is 0.333. The van der Waals surface area contributed by atoms with E-state index in [9.17, 15) is 17.6 Å². The lowest BCUT2D eigenvalue weighted by molar-refractivity contribution is -0.210. The van der Waals surface area contributed by atoms with Gasteiger partial charge < -0.3 is 15.9 Å². The van der Waals surface area contributed by atoms with E-state index in [1.807, 2.05) is 0 Å². The van der Waals surface area contributed by atoms with Crippen molar-refractivity contribution in [2.75, 3.05) is 0 Å². The number of halogens is 4. The molecule has 90 valence electrons. The maximum atomic E-state index is 13.1. The second-order valence-corrected chi connectivity index (χ2v) is 3.22. The van der Waals surface area contributed by atoms with Crippen LogP contribution in [-0.4, -0.2) is 22.5 Å². The molecule has 7 heteroatoms. The van der Waals surface area contributed by atoms with Gasteiger partial charge in [-0.2, -0.15) is 13.2 Å². The van der Waals surface area contributed by atoms with E-state index in [0.717, 1.165) is 12.1 Å². The Morgan fingerprint density at radius 3 is 2.25 bits per heavy atom. The summed E-state index contributed by atoms with van der Waals surface area (Å²) < 4.78 is 49.4. The summed E-state index contributed by atoms with van der Waals surface area (Å²) in [5.74, 6) is -1.54. The van der Waals surface area contributed by atoms with Gasteiger partial charge in [0.15, 0.2) is 6.10 Å². The van der Waals surface area contributed by atoms with E-state index in [1.165, 1.54) is 0 Å². The predicted octanol–water partition coefficient (Wildman–Crippen LogP) is 1.45. The van der Waals surface area contributed by atoms with Crippen molar-refractivity contribution in [2.24, 2.45) is 5.73 Å². The lowest BCUT2D eigenvalue weighted by Gasteiger charge is -2.21. The van der Waals surface area contributed by atoms with E-state index in [2.05, 4.69) is 0 Å². The monoisotopic (exact) mass is 239 g/mol. The summed E-state index contributed by atoms with van der Waals surface area (Å²) in [6.07, 6.45) is -7.78. The standard InChI is InChI=1S/C9H9F4NO2/c10-6-3-4(15)1-2-5(6)7(14)8(16)9(11,12)13/h1-3,7-8,15-16H,14H2/t7-,8-/m1/s1. The third kappa shape index (κ3) is 2.61. The molecule has 0 fully saturated rings. The fourth-order valence-corrected chi connectivity index (χ4v) is 1.16. The number of nitrogens with two attached hydrogens (primary N) is 1. The molecule has 4 N–H and O–H groups in total. The fourth-order valence-electron chi connectivity index (χ4n) is 1.16. The van der Waals surface area contributed by atoms with Gasteiger partial charge in [0.2, 0.25) is 0 Å². The van der Waals surface area contributed by atoms with Crippen molar-refractivity contribution < 1.29 is 27.8 Å². The molecule has 0 saturated heterocycles. The first-order valence-corrected chi connectivity index (χ1v) is 4.22. The number of hydrogen-bond acceptors (Lipinski definition) is 3.